The van der Waals surface area contributed by atoms with Crippen molar-refractivity contribution in [1.29, 1.82) is 5.26 Å². The molecule has 0 radical (unpaired) electrons. The molecule has 31 heavy (non-hydrogen) atoms. The summed E-state index contributed by atoms with van der Waals surface area (Å²) in [6.07, 6.45) is 3.43. The van der Waals surface area contributed by atoms with E-state index in [2.05, 4.69) is 26.1 Å². The van der Waals surface area contributed by atoms with Gasteiger partial charge in [0, 0.05) is 30.4 Å². The minimum absolute atomic E-state index is 0.0103. The second-order valence-corrected chi connectivity index (χ2v) is 7.02. The summed E-state index contributed by atoms with van der Waals surface area (Å²) >= 11 is 0. The van der Waals surface area contributed by atoms with Gasteiger partial charge in [0.05, 0.1) is 17.8 Å². The number of likely N-dealkylation sites (tertiary alicyclic amines) is 1. The highest BCUT2D eigenvalue weighted by Gasteiger charge is 2.28. The molecule has 1 aliphatic heterocycles. The second-order valence-electron chi connectivity index (χ2n) is 7.02. The van der Waals surface area contributed by atoms with Gasteiger partial charge in [-0.3, -0.25) is 9.78 Å². The van der Waals surface area contributed by atoms with E-state index in [1.54, 1.807) is 29.2 Å². The number of benzene rings is 1. The summed E-state index contributed by atoms with van der Waals surface area (Å²) in [5.41, 5.74) is 7.70. The lowest BCUT2D eigenvalue weighted by Crippen LogP contribution is -2.42. The Morgan fingerprint density at radius 1 is 1.16 bits per heavy atom. The summed E-state index contributed by atoms with van der Waals surface area (Å²) in [4.78, 5) is 26.8. The van der Waals surface area contributed by atoms with E-state index in [9.17, 15) is 14.4 Å². The number of anilines is 1. The largest absolute Gasteiger partial charge is 0.381 e. The zero-order valence-electron chi connectivity index (χ0n) is 16.2. The lowest BCUT2D eigenvalue weighted by atomic mass is 10.0. The molecule has 3 aromatic heterocycles. The summed E-state index contributed by atoms with van der Waals surface area (Å²) in [6, 6.07) is 10.4. The number of carbonyl (C=O) groups is 1. The topological polar surface area (TPSA) is 126 Å². The van der Waals surface area contributed by atoms with Gasteiger partial charge >= 0.3 is 0 Å². The van der Waals surface area contributed by atoms with Gasteiger partial charge in [0.15, 0.2) is 17.3 Å². The molecule has 152 valence electrons. The van der Waals surface area contributed by atoms with E-state index < -0.39 is 5.82 Å². The number of fused-ring (bicyclic) bond motifs is 1. The zero-order chi connectivity index (χ0) is 21.5. The number of carbonyl (C=O) groups excluding carboxylic acids is 1. The van der Waals surface area contributed by atoms with Crippen molar-refractivity contribution in [3.63, 3.8) is 0 Å². The number of hydrogen-bond donors (Lipinski definition) is 1. The molecule has 0 unspecified atom stereocenters. The van der Waals surface area contributed by atoms with E-state index in [1.807, 2.05) is 0 Å². The van der Waals surface area contributed by atoms with Crippen molar-refractivity contribution in [2.75, 3.05) is 18.8 Å². The highest BCUT2D eigenvalue weighted by molar-refractivity contribution is 5.93. The fourth-order valence-electron chi connectivity index (χ4n) is 3.49. The van der Waals surface area contributed by atoms with Gasteiger partial charge in [-0.1, -0.05) is 18.2 Å². The SMILES string of the molecule is N#Cc1ccccc1-c1nc(N)c2nc(C(=O)N3CCC3)nn2c1-c1ccncc1F. The normalized spacial score (nSPS) is 13.1. The number of hydrogen-bond acceptors (Lipinski definition) is 7. The Balaban J connectivity index is 1.85. The Bertz CT molecular complexity index is 1390. The molecule has 4 heterocycles. The minimum Gasteiger partial charge on any atom is -0.381 e. The van der Waals surface area contributed by atoms with Crippen LogP contribution in [0.3, 0.4) is 0 Å². The second kappa shape index (κ2) is 7.14. The Labute approximate surface area is 175 Å². The molecule has 1 aliphatic rings. The summed E-state index contributed by atoms with van der Waals surface area (Å²) in [5.74, 6) is -0.975. The van der Waals surface area contributed by atoms with Crippen molar-refractivity contribution < 1.29 is 9.18 Å². The molecule has 0 bridgehead atoms. The molecule has 10 heteroatoms. The Morgan fingerprint density at radius 3 is 2.68 bits per heavy atom. The van der Waals surface area contributed by atoms with Crippen LogP contribution in [0.2, 0.25) is 0 Å². The first kappa shape index (κ1) is 18.6. The van der Waals surface area contributed by atoms with Crippen molar-refractivity contribution in [3.05, 3.63) is 59.9 Å². The van der Waals surface area contributed by atoms with Crippen LogP contribution in [-0.4, -0.2) is 48.5 Å². The van der Waals surface area contributed by atoms with Crippen molar-refractivity contribution in [1.82, 2.24) is 29.5 Å². The molecule has 9 nitrogen and oxygen atoms in total. The van der Waals surface area contributed by atoms with Crippen molar-refractivity contribution >= 4 is 17.4 Å². The molecule has 0 spiro atoms. The number of rotatable bonds is 3. The first-order chi connectivity index (χ1) is 15.1. The number of nitrogens with zero attached hydrogens (tertiary/aromatic N) is 7. The van der Waals surface area contributed by atoms with Crippen LogP contribution in [0.1, 0.15) is 22.6 Å². The third kappa shape index (κ3) is 2.95. The molecule has 0 saturated carbocycles. The molecule has 4 aromatic rings. The van der Waals surface area contributed by atoms with E-state index >= 15 is 0 Å². The van der Waals surface area contributed by atoms with Gasteiger partial charge in [0.1, 0.15) is 11.4 Å². The predicted molar refractivity (Wildman–Crippen MR) is 109 cm³/mol. The summed E-state index contributed by atoms with van der Waals surface area (Å²) < 4.78 is 16.1. The van der Waals surface area contributed by atoms with Crippen LogP contribution in [0.4, 0.5) is 10.2 Å². The highest BCUT2D eigenvalue weighted by Crippen LogP contribution is 2.35. The van der Waals surface area contributed by atoms with Crippen LogP contribution in [-0.2, 0) is 0 Å². The molecule has 0 atom stereocenters. The van der Waals surface area contributed by atoms with Crippen molar-refractivity contribution in [2.45, 2.75) is 6.42 Å². The number of nitrogens with two attached hydrogens (primary N) is 1. The van der Waals surface area contributed by atoms with Gasteiger partial charge in [-0.05, 0) is 18.6 Å². The molecule has 1 amide bonds. The van der Waals surface area contributed by atoms with Crippen LogP contribution in [0.15, 0.2) is 42.7 Å². The summed E-state index contributed by atoms with van der Waals surface area (Å²) in [7, 11) is 0. The van der Waals surface area contributed by atoms with Gasteiger partial charge in [-0.15, -0.1) is 5.10 Å². The fraction of sp³-hybridized carbons (Fsp3) is 0.143. The number of pyridine rings is 1. The zero-order valence-corrected chi connectivity index (χ0v) is 16.2. The average Bonchev–Trinajstić information content (AvgIpc) is 3.19. The van der Waals surface area contributed by atoms with E-state index in [0.29, 0.717) is 24.2 Å². The van der Waals surface area contributed by atoms with E-state index in [-0.39, 0.29) is 40.1 Å². The lowest BCUT2D eigenvalue weighted by Gasteiger charge is -2.29. The molecular formula is C21H15FN8O. The van der Waals surface area contributed by atoms with Gasteiger partial charge < -0.3 is 10.6 Å². The highest BCUT2D eigenvalue weighted by atomic mass is 19.1. The Kier molecular flexibility index (Phi) is 4.29. The standard InChI is InChI=1S/C21H15FN8O/c22-15-11-25-7-6-14(15)17-16(13-5-2-1-4-12(13)10-23)26-18(24)20-27-19(28-30(17)20)21(31)29-8-3-9-29/h1-2,4-7,11H,3,8-9H2,(H2,24,26). The predicted octanol–water partition coefficient (Wildman–Crippen LogP) is 2.29. The van der Waals surface area contributed by atoms with Crippen LogP contribution >= 0.6 is 0 Å². The number of nitrogen functional groups attached to an aromatic ring is 1. The third-order valence-electron chi connectivity index (χ3n) is 5.17. The van der Waals surface area contributed by atoms with Crippen LogP contribution in [0.25, 0.3) is 28.2 Å². The molecule has 2 N–H and O–H groups in total. The Hall–Kier alpha value is -4.39. The van der Waals surface area contributed by atoms with E-state index in [4.69, 9.17) is 5.73 Å². The third-order valence-corrected chi connectivity index (χ3v) is 5.17. The maximum atomic E-state index is 14.8. The summed E-state index contributed by atoms with van der Waals surface area (Å²) in [5, 5.41) is 13.9. The van der Waals surface area contributed by atoms with Gasteiger partial charge in [0.2, 0.25) is 5.82 Å². The fourth-order valence-corrected chi connectivity index (χ4v) is 3.49. The molecule has 0 aliphatic carbocycles. The Morgan fingerprint density at radius 2 is 1.97 bits per heavy atom. The number of halogens is 1. The number of amides is 1. The van der Waals surface area contributed by atoms with Crippen LogP contribution < -0.4 is 5.73 Å². The van der Waals surface area contributed by atoms with Crippen molar-refractivity contribution in [3.8, 4) is 28.6 Å². The monoisotopic (exact) mass is 414 g/mol. The van der Waals surface area contributed by atoms with Crippen LogP contribution in [0.5, 0.6) is 0 Å². The average molecular weight is 414 g/mol. The smallest absolute Gasteiger partial charge is 0.293 e. The van der Waals surface area contributed by atoms with Gasteiger partial charge in [-0.2, -0.15) is 10.2 Å². The molecule has 1 fully saturated rings. The van der Waals surface area contributed by atoms with Gasteiger partial charge in [-0.25, -0.2) is 13.9 Å². The lowest BCUT2D eigenvalue weighted by molar-refractivity contribution is 0.0639. The molecule has 1 aromatic carbocycles. The van der Waals surface area contributed by atoms with E-state index in [1.165, 1.54) is 16.8 Å². The quantitative estimate of drug-likeness (QED) is 0.545. The van der Waals surface area contributed by atoms with Gasteiger partial charge in [0.25, 0.3) is 5.91 Å². The molecule has 5 rings (SSSR count). The molecule has 1 saturated heterocycles. The maximum Gasteiger partial charge on any atom is 0.293 e. The minimum atomic E-state index is -0.614. The molecular weight excluding hydrogens is 399 g/mol. The van der Waals surface area contributed by atoms with Crippen LogP contribution in [0, 0.1) is 17.1 Å². The first-order valence-electron chi connectivity index (χ1n) is 9.53. The van der Waals surface area contributed by atoms with Crippen molar-refractivity contribution in [2.24, 2.45) is 0 Å². The number of nitriles is 1. The van der Waals surface area contributed by atoms with E-state index in [0.717, 1.165) is 12.6 Å². The number of aromatic nitrogens is 5. The maximum absolute atomic E-state index is 14.8. The summed E-state index contributed by atoms with van der Waals surface area (Å²) in [6.45, 7) is 1.27. The first-order valence-corrected chi connectivity index (χ1v) is 9.53.